The Kier molecular flexibility index (Phi) is 5.49. The zero-order chi connectivity index (χ0) is 14.4. The molecule has 1 rings (SSSR count). The van der Waals surface area contributed by atoms with Crippen LogP contribution in [0.15, 0.2) is 0 Å². The zero-order valence-electron chi connectivity index (χ0n) is 11.4. The molecule has 0 unspecified atom stereocenters. The van der Waals surface area contributed by atoms with E-state index in [0.29, 0.717) is 19.4 Å². The van der Waals surface area contributed by atoms with E-state index in [9.17, 15) is 14.4 Å². The number of hydrogen-bond donors (Lipinski definition) is 0. The number of imide groups is 1. The van der Waals surface area contributed by atoms with Crippen LogP contribution in [0.2, 0.25) is 0 Å². The Morgan fingerprint density at radius 1 is 1.42 bits per heavy atom. The van der Waals surface area contributed by atoms with E-state index in [-0.39, 0.29) is 43.0 Å². The van der Waals surface area contributed by atoms with Crippen molar-refractivity contribution in [3.8, 4) is 6.07 Å². The van der Waals surface area contributed by atoms with Gasteiger partial charge in [0.15, 0.2) is 0 Å². The monoisotopic (exact) mass is 265 g/mol. The lowest BCUT2D eigenvalue weighted by atomic mass is 9.97. The van der Waals surface area contributed by atoms with Crippen molar-refractivity contribution in [3.63, 3.8) is 0 Å². The maximum atomic E-state index is 11.7. The number of nitrogens with zero attached hydrogens (tertiary/aromatic N) is 3. The Hall–Kier alpha value is -1.90. The van der Waals surface area contributed by atoms with Gasteiger partial charge in [0.05, 0.1) is 12.5 Å². The minimum Gasteiger partial charge on any atom is -0.345 e. The Bertz CT molecular complexity index is 396. The second-order valence-corrected chi connectivity index (χ2v) is 4.93. The van der Waals surface area contributed by atoms with E-state index >= 15 is 0 Å². The molecular formula is C13H19N3O3. The van der Waals surface area contributed by atoms with Crippen molar-refractivity contribution >= 4 is 17.7 Å². The number of rotatable bonds is 5. The SMILES string of the molecule is CC1CC(=O)N(CCC(=O)N(C)CCC#N)C(=O)C1. The van der Waals surface area contributed by atoms with Crippen molar-refractivity contribution in [1.29, 1.82) is 5.26 Å². The van der Waals surface area contributed by atoms with Gasteiger partial charge in [-0.3, -0.25) is 19.3 Å². The molecule has 0 aromatic rings. The van der Waals surface area contributed by atoms with Crippen molar-refractivity contribution in [2.24, 2.45) is 5.92 Å². The molecule has 0 aromatic heterocycles. The summed E-state index contributed by atoms with van der Waals surface area (Å²) < 4.78 is 0. The minimum absolute atomic E-state index is 0.0882. The van der Waals surface area contributed by atoms with Gasteiger partial charge in [-0.25, -0.2) is 0 Å². The van der Waals surface area contributed by atoms with E-state index in [1.165, 1.54) is 9.80 Å². The summed E-state index contributed by atoms with van der Waals surface area (Å²) in [4.78, 5) is 37.8. The molecule has 0 atom stereocenters. The second-order valence-electron chi connectivity index (χ2n) is 4.93. The van der Waals surface area contributed by atoms with Crippen molar-refractivity contribution < 1.29 is 14.4 Å². The number of likely N-dealkylation sites (tertiary alicyclic amines) is 1. The Balaban J connectivity index is 2.43. The van der Waals surface area contributed by atoms with E-state index in [4.69, 9.17) is 5.26 Å². The summed E-state index contributed by atoms with van der Waals surface area (Å²) in [6, 6.07) is 1.97. The smallest absolute Gasteiger partial charge is 0.229 e. The van der Waals surface area contributed by atoms with E-state index in [1.54, 1.807) is 7.05 Å². The molecule has 1 aliphatic rings. The molecule has 1 saturated heterocycles. The van der Waals surface area contributed by atoms with Gasteiger partial charge in [0, 0.05) is 39.4 Å². The second kappa shape index (κ2) is 6.88. The molecular weight excluding hydrogens is 246 g/mol. The maximum absolute atomic E-state index is 11.7. The van der Waals surface area contributed by atoms with Crippen LogP contribution >= 0.6 is 0 Å². The third-order valence-corrected chi connectivity index (χ3v) is 3.18. The Labute approximate surface area is 113 Å². The van der Waals surface area contributed by atoms with E-state index in [2.05, 4.69) is 0 Å². The lowest BCUT2D eigenvalue weighted by molar-refractivity contribution is -0.150. The highest BCUT2D eigenvalue weighted by Gasteiger charge is 2.30. The van der Waals surface area contributed by atoms with Gasteiger partial charge in [-0.05, 0) is 5.92 Å². The molecule has 0 bridgehead atoms. The van der Waals surface area contributed by atoms with Crippen LogP contribution in [-0.2, 0) is 14.4 Å². The summed E-state index contributed by atoms with van der Waals surface area (Å²) in [6.45, 7) is 2.38. The van der Waals surface area contributed by atoms with Crippen LogP contribution in [0.1, 0.15) is 32.6 Å². The molecule has 1 heterocycles. The van der Waals surface area contributed by atoms with E-state index in [1.807, 2.05) is 13.0 Å². The summed E-state index contributed by atoms with van der Waals surface area (Å²) >= 11 is 0. The molecule has 1 aliphatic heterocycles. The van der Waals surface area contributed by atoms with Crippen LogP contribution in [0.3, 0.4) is 0 Å². The first-order valence-electron chi connectivity index (χ1n) is 6.39. The number of amides is 3. The lowest BCUT2D eigenvalue weighted by Gasteiger charge is -2.28. The van der Waals surface area contributed by atoms with Crippen LogP contribution in [0.25, 0.3) is 0 Å². The highest BCUT2D eigenvalue weighted by atomic mass is 16.2. The molecule has 6 nitrogen and oxygen atoms in total. The maximum Gasteiger partial charge on any atom is 0.229 e. The first-order valence-corrected chi connectivity index (χ1v) is 6.39. The zero-order valence-corrected chi connectivity index (χ0v) is 11.4. The standard InChI is InChI=1S/C13H19N3O3/c1-10-8-12(18)16(13(19)9-10)7-4-11(17)15(2)6-3-5-14/h10H,3-4,6-9H2,1-2H3. The topological polar surface area (TPSA) is 81.5 Å². The van der Waals surface area contributed by atoms with Gasteiger partial charge in [0.1, 0.15) is 0 Å². The molecule has 0 aliphatic carbocycles. The van der Waals surface area contributed by atoms with Gasteiger partial charge in [0.2, 0.25) is 17.7 Å². The van der Waals surface area contributed by atoms with Gasteiger partial charge < -0.3 is 4.90 Å². The van der Waals surface area contributed by atoms with Gasteiger partial charge in [0.25, 0.3) is 0 Å². The number of nitriles is 1. The van der Waals surface area contributed by atoms with Crippen LogP contribution in [0, 0.1) is 17.2 Å². The minimum atomic E-state index is -0.198. The summed E-state index contributed by atoms with van der Waals surface area (Å²) in [7, 11) is 1.61. The third-order valence-electron chi connectivity index (χ3n) is 3.18. The molecule has 1 fully saturated rings. The number of carbonyl (C=O) groups is 3. The van der Waals surface area contributed by atoms with Gasteiger partial charge in [-0.15, -0.1) is 0 Å². The largest absolute Gasteiger partial charge is 0.345 e. The van der Waals surface area contributed by atoms with Crippen LogP contribution in [-0.4, -0.2) is 47.7 Å². The fourth-order valence-corrected chi connectivity index (χ4v) is 2.02. The molecule has 0 saturated carbocycles. The molecule has 19 heavy (non-hydrogen) atoms. The summed E-state index contributed by atoms with van der Waals surface area (Å²) in [5, 5.41) is 8.44. The molecule has 104 valence electrons. The fraction of sp³-hybridized carbons (Fsp3) is 0.692. The summed E-state index contributed by atoms with van der Waals surface area (Å²) in [6.07, 6.45) is 1.13. The number of hydrogen-bond acceptors (Lipinski definition) is 4. The average Bonchev–Trinajstić information content (AvgIpc) is 2.34. The van der Waals surface area contributed by atoms with Crippen LogP contribution < -0.4 is 0 Å². The molecule has 0 aromatic carbocycles. The first-order chi connectivity index (χ1) is 8.95. The van der Waals surface area contributed by atoms with E-state index in [0.717, 1.165) is 0 Å². The molecule has 6 heteroatoms. The summed E-state index contributed by atoms with van der Waals surface area (Å²) in [5.74, 6) is -0.466. The van der Waals surface area contributed by atoms with Crippen molar-refractivity contribution in [2.45, 2.75) is 32.6 Å². The Morgan fingerprint density at radius 3 is 2.53 bits per heavy atom. The Morgan fingerprint density at radius 2 is 2.00 bits per heavy atom. The molecule has 3 amide bonds. The normalized spacial score (nSPS) is 16.4. The van der Waals surface area contributed by atoms with Gasteiger partial charge >= 0.3 is 0 Å². The highest BCUT2D eigenvalue weighted by molar-refractivity contribution is 5.98. The van der Waals surface area contributed by atoms with E-state index < -0.39 is 0 Å². The predicted molar refractivity (Wildman–Crippen MR) is 67.6 cm³/mol. The lowest BCUT2D eigenvalue weighted by Crippen LogP contribution is -2.44. The van der Waals surface area contributed by atoms with Crippen molar-refractivity contribution in [3.05, 3.63) is 0 Å². The fourth-order valence-electron chi connectivity index (χ4n) is 2.02. The highest BCUT2D eigenvalue weighted by Crippen LogP contribution is 2.18. The van der Waals surface area contributed by atoms with Gasteiger partial charge in [-0.2, -0.15) is 5.26 Å². The van der Waals surface area contributed by atoms with Crippen molar-refractivity contribution in [1.82, 2.24) is 9.80 Å². The molecule has 0 radical (unpaired) electrons. The van der Waals surface area contributed by atoms with Crippen LogP contribution in [0.4, 0.5) is 0 Å². The van der Waals surface area contributed by atoms with Crippen LogP contribution in [0.5, 0.6) is 0 Å². The van der Waals surface area contributed by atoms with Crippen molar-refractivity contribution in [2.75, 3.05) is 20.1 Å². The average molecular weight is 265 g/mol. The third kappa shape index (κ3) is 4.36. The quantitative estimate of drug-likeness (QED) is 0.679. The molecule has 0 spiro atoms. The predicted octanol–water partition coefficient (Wildman–Crippen LogP) is 0.534. The summed E-state index contributed by atoms with van der Waals surface area (Å²) in [5.41, 5.74) is 0. The molecule has 0 N–H and O–H groups in total. The number of carbonyl (C=O) groups excluding carboxylic acids is 3. The van der Waals surface area contributed by atoms with Gasteiger partial charge in [-0.1, -0.05) is 6.92 Å². The first kappa shape index (κ1) is 15.2. The number of piperidine rings is 1.